The number of rotatable bonds is 4. The fourth-order valence-corrected chi connectivity index (χ4v) is 1.50. The summed E-state index contributed by atoms with van der Waals surface area (Å²) >= 11 is 0. The molecule has 6 nitrogen and oxygen atoms in total. The molecule has 1 aromatic carbocycles. The van der Waals surface area contributed by atoms with E-state index in [0.29, 0.717) is 5.57 Å². The highest BCUT2D eigenvalue weighted by molar-refractivity contribution is 7.85. The van der Waals surface area contributed by atoms with Gasteiger partial charge < -0.3 is 4.74 Å². The molecule has 1 rings (SSSR count). The van der Waals surface area contributed by atoms with Crippen LogP contribution in [-0.4, -0.2) is 25.5 Å². The van der Waals surface area contributed by atoms with Crippen molar-refractivity contribution in [2.75, 3.05) is 6.61 Å². The predicted octanol–water partition coefficient (Wildman–Crippen LogP) is 2.26. The van der Waals surface area contributed by atoms with Gasteiger partial charge in [-0.3, -0.25) is 4.55 Å². The average molecular weight is 311 g/mol. The summed E-state index contributed by atoms with van der Waals surface area (Å²) in [5, 5.41) is 8.05. The van der Waals surface area contributed by atoms with Gasteiger partial charge in [0.2, 0.25) is 0 Å². The summed E-state index contributed by atoms with van der Waals surface area (Å²) in [7, 11) is -4.02. The highest BCUT2D eigenvalue weighted by Gasteiger charge is 2.06. The lowest BCUT2D eigenvalue weighted by Crippen LogP contribution is -2.05. The third kappa shape index (κ3) is 8.57. The number of benzene rings is 1. The van der Waals surface area contributed by atoms with Gasteiger partial charge in [0.1, 0.15) is 6.61 Å². The van der Waals surface area contributed by atoms with Crippen molar-refractivity contribution >= 4 is 16.1 Å². The SMILES string of the molecule is C=C(C)C(=O)OCCC#N.Cc1ccc(S(=O)(=O)O)cc1. The minimum Gasteiger partial charge on any atom is -0.461 e. The molecule has 0 fully saturated rings. The smallest absolute Gasteiger partial charge is 0.333 e. The number of aryl methyl sites for hydroxylation is 1. The lowest BCUT2D eigenvalue weighted by molar-refractivity contribution is -0.138. The molecule has 0 aromatic heterocycles. The minimum atomic E-state index is -4.02. The number of nitriles is 1. The molecule has 0 heterocycles. The molecule has 0 saturated carbocycles. The highest BCUT2D eigenvalue weighted by Crippen LogP contribution is 2.08. The normalized spacial score (nSPS) is 9.81. The Morgan fingerprint density at radius 2 is 1.90 bits per heavy atom. The molecule has 1 N–H and O–H groups in total. The molecule has 0 aliphatic heterocycles. The van der Waals surface area contributed by atoms with Gasteiger partial charge in [0, 0.05) is 5.57 Å². The monoisotopic (exact) mass is 311 g/mol. The minimum absolute atomic E-state index is 0.0666. The van der Waals surface area contributed by atoms with Crippen molar-refractivity contribution in [1.82, 2.24) is 0 Å². The number of carbonyl (C=O) groups is 1. The Morgan fingerprint density at radius 3 is 2.29 bits per heavy atom. The summed E-state index contributed by atoms with van der Waals surface area (Å²) in [6.07, 6.45) is 0.235. The third-order valence-electron chi connectivity index (χ3n) is 2.11. The van der Waals surface area contributed by atoms with Gasteiger partial charge in [-0.05, 0) is 26.0 Å². The molecule has 1 aromatic rings. The van der Waals surface area contributed by atoms with Crippen LogP contribution in [0.2, 0.25) is 0 Å². The van der Waals surface area contributed by atoms with Gasteiger partial charge in [-0.25, -0.2) is 4.79 Å². The molecule has 0 saturated heterocycles. The number of esters is 1. The van der Waals surface area contributed by atoms with Gasteiger partial charge in [-0.15, -0.1) is 0 Å². The molecule has 0 bridgehead atoms. The first-order chi connectivity index (χ1) is 9.68. The van der Waals surface area contributed by atoms with E-state index in [-0.39, 0.29) is 17.9 Å². The van der Waals surface area contributed by atoms with Gasteiger partial charge in [-0.2, -0.15) is 13.7 Å². The first kappa shape index (κ1) is 18.8. The van der Waals surface area contributed by atoms with Crippen molar-refractivity contribution in [3.05, 3.63) is 42.0 Å². The highest BCUT2D eigenvalue weighted by atomic mass is 32.2. The van der Waals surface area contributed by atoms with E-state index in [2.05, 4.69) is 11.3 Å². The molecule has 21 heavy (non-hydrogen) atoms. The zero-order valence-corrected chi connectivity index (χ0v) is 12.7. The van der Waals surface area contributed by atoms with E-state index in [0.717, 1.165) is 5.56 Å². The number of hydrogen-bond donors (Lipinski definition) is 1. The summed E-state index contributed by atoms with van der Waals surface area (Å²) in [4.78, 5) is 10.5. The number of nitrogens with zero attached hydrogens (tertiary/aromatic N) is 1. The molecular weight excluding hydrogens is 294 g/mol. The summed E-state index contributed by atoms with van der Waals surface area (Å²) in [5.74, 6) is -0.435. The van der Waals surface area contributed by atoms with Crippen LogP contribution in [0, 0.1) is 18.3 Å². The van der Waals surface area contributed by atoms with Crippen LogP contribution in [0.3, 0.4) is 0 Å². The largest absolute Gasteiger partial charge is 0.461 e. The lowest BCUT2D eigenvalue weighted by Gasteiger charge is -1.98. The van der Waals surface area contributed by atoms with E-state index in [1.807, 2.05) is 13.0 Å². The van der Waals surface area contributed by atoms with Crippen molar-refractivity contribution in [2.45, 2.75) is 25.2 Å². The second-order valence-corrected chi connectivity index (χ2v) is 5.53. The van der Waals surface area contributed by atoms with E-state index in [4.69, 9.17) is 9.81 Å². The second kappa shape index (κ2) is 8.89. The summed E-state index contributed by atoms with van der Waals surface area (Å²) < 4.78 is 34.1. The van der Waals surface area contributed by atoms with Gasteiger partial charge in [-0.1, -0.05) is 24.3 Å². The Kier molecular flexibility index (Phi) is 7.97. The van der Waals surface area contributed by atoms with Crippen LogP contribution in [0.4, 0.5) is 0 Å². The molecule has 0 aliphatic rings. The third-order valence-corrected chi connectivity index (χ3v) is 2.98. The molecular formula is C14H17NO5S. The quantitative estimate of drug-likeness (QED) is 0.396. The Bertz CT molecular complexity index is 626. The predicted molar refractivity (Wildman–Crippen MR) is 77.0 cm³/mol. The summed E-state index contributed by atoms with van der Waals surface area (Å²) in [6.45, 7) is 6.94. The van der Waals surface area contributed by atoms with Gasteiger partial charge in [0.25, 0.3) is 10.1 Å². The Morgan fingerprint density at radius 1 is 1.38 bits per heavy atom. The fraction of sp³-hybridized carbons (Fsp3) is 0.286. The first-order valence-electron chi connectivity index (χ1n) is 5.92. The standard InChI is InChI=1S/C7H9NO2.C7H8O3S/c1-6(2)7(9)10-5-3-4-8;1-6-2-4-7(5-3-6)11(8,9)10/h1,3,5H2,2H3;2-5H,1H3,(H,8,9,10). The van der Waals surface area contributed by atoms with Crippen LogP contribution in [0.25, 0.3) is 0 Å². The molecule has 7 heteroatoms. The van der Waals surface area contributed by atoms with Crippen LogP contribution in [0.15, 0.2) is 41.3 Å². The molecule has 0 atom stereocenters. The van der Waals surface area contributed by atoms with Crippen LogP contribution in [-0.2, 0) is 19.6 Å². The number of ether oxygens (including phenoxy) is 1. The Balaban J connectivity index is 0.000000384. The Hall–Kier alpha value is -2.17. The van der Waals surface area contributed by atoms with Crippen molar-refractivity contribution in [1.29, 1.82) is 5.26 Å². The van der Waals surface area contributed by atoms with Crippen molar-refractivity contribution in [2.24, 2.45) is 0 Å². The van der Waals surface area contributed by atoms with Gasteiger partial charge >= 0.3 is 5.97 Å². The average Bonchev–Trinajstić information content (AvgIpc) is 2.39. The van der Waals surface area contributed by atoms with E-state index < -0.39 is 16.1 Å². The molecule has 0 spiro atoms. The lowest BCUT2D eigenvalue weighted by atomic mass is 10.2. The zero-order valence-electron chi connectivity index (χ0n) is 11.9. The zero-order chi connectivity index (χ0) is 16.5. The first-order valence-corrected chi connectivity index (χ1v) is 7.36. The maximum atomic E-state index is 10.6. The number of hydrogen-bond acceptors (Lipinski definition) is 5. The maximum absolute atomic E-state index is 10.6. The molecule has 0 amide bonds. The van der Waals surface area contributed by atoms with E-state index in [1.54, 1.807) is 19.1 Å². The molecule has 0 aliphatic carbocycles. The van der Waals surface area contributed by atoms with Crippen molar-refractivity contribution in [3.8, 4) is 6.07 Å². The Labute approximate surface area is 124 Å². The van der Waals surface area contributed by atoms with Crippen LogP contribution in [0.5, 0.6) is 0 Å². The summed E-state index contributed by atoms with van der Waals surface area (Å²) in [6, 6.07) is 7.84. The van der Waals surface area contributed by atoms with Crippen LogP contribution < -0.4 is 0 Å². The van der Waals surface area contributed by atoms with Crippen LogP contribution >= 0.6 is 0 Å². The molecule has 114 valence electrons. The van der Waals surface area contributed by atoms with E-state index in [1.165, 1.54) is 12.1 Å². The van der Waals surface area contributed by atoms with Crippen molar-refractivity contribution < 1.29 is 22.5 Å². The summed E-state index contributed by atoms with van der Waals surface area (Å²) in [5.41, 5.74) is 1.32. The van der Waals surface area contributed by atoms with E-state index in [9.17, 15) is 13.2 Å². The van der Waals surface area contributed by atoms with Gasteiger partial charge in [0.15, 0.2) is 0 Å². The van der Waals surface area contributed by atoms with Crippen LogP contribution in [0.1, 0.15) is 18.9 Å². The fourth-order valence-electron chi connectivity index (χ4n) is 1.02. The molecule has 0 radical (unpaired) electrons. The second-order valence-electron chi connectivity index (χ2n) is 4.11. The van der Waals surface area contributed by atoms with E-state index >= 15 is 0 Å². The topological polar surface area (TPSA) is 104 Å². The number of carbonyl (C=O) groups excluding carboxylic acids is 1. The maximum Gasteiger partial charge on any atom is 0.333 e. The molecule has 0 unspecified atom stereocenters. The van der Waals surface area contributed by atoms with Gasteiger partial charge in [0.05, 0.1) is 17.4 Å². The van der Waals surface area contributed by atoms with Crippen molar-refractivity contribution in [3.63, 3.8) is 0 Å².